The van der Waals surface area contributed by atoms with Gasteiger partial charge in [-0.2, -0.15) is 0 Å². The lowest BCUT2D eigenvalue weighted by Crippen LogP contribution is -2.09. The van der Waals surface area contributed by atoms with E-state index in [0.717, 1.165) is 0 Å². The van der Waals surface area contributed by atoms with Crippen LogP contribution in [-0.2, 0) is 0 Å². The first kappa shape index (κ1) is 10.3. The smallest absolute Gasteiger partial charge is 0.160 e. The maximum Gasteiger partial charge on any atom is 0.160 e. The highest BCUT2D eigenvalue weighted by atomic mass is 19.1. The lowest BCUT2D eigenvalue weighted by Gasteiger charge is -2.06. The molecule has 1 aromatic carbocycles. The normalized spacial score (nSPS) is 9.88. The summed E-state index contributed by atoms with van der Waals surface area (Å²) in [6.45, 7) is 0. The fourth-order valence-electron chi connectivity index (χ4n) is 1.21. The number of hydrazine groups is 1. The van der Waals surface area contributed by atoms with Crippen LogP contribution in [0.25, 0.3) is 0 Å². The molecule has 0 radical (unpaired) electrons. The molecule has 0 unspecified atom stereocenters. The molecule has 5 nitrogen and oxygen atoms in total. The number of benzene rings is 1. The number of aromatic nitrogens is 2. The van der Waals surface area contributed by atoms with Gasteiger partial charge < -0.3 is 10.7 Å². The number of hydrogen-bond donors (Lipinski definition) is 3. The average molecular weight is 219 g/mol. The van der Waals surface area contributed by atoms with Gasteiger partial charge in [-0.3, -0.25) is 4.98 Å². The second kappa shape index (κ2) is 4.54. The average Bonchev–Trinajstić information content (AvgIpc) is 2.29. The molecule has 0 spiro atoms. The van der Waals surface area contributed by atoms with E-state index in [-0.39, 0.29) is 5.82 Å². The Labute approximate surface area is 91.5 Å². The molecule has 0 bridgehead atoms. The third kappa shape index (κ3) is 2.43. The summed E-state index contributed by atoms with van der Waals surface area (Å²) in [7, 11) is 0. The van der Waals surface area contributed by atoms with Gasteiger partial charge in [-0.05, 0) is 18.2 Å². The van der Waals surface area contributed by atoms with Gasteiger partial charge in [0.25, 0.3) is 0 Å². The number of rotatable bonds is 3. The van der Waals surface area contributed by atoms with Crippen LogP contribution in [0.15, 0.2) is 36.7 Å². The summed E-state index contributed by atoms with van der Waals surface area (Å²) in [6.07, 6.45) is 3.00. The molecule has 82 valence electrons. The van der Waals surface area contributed by atoms with Gasteiger partial charge in [0.2, 0.25) is 0 Å². The number of nitrogens with one attached hydrogen (secondary N) is 2. The van der Waals surface area contributed by atoms with E-state index in [9.17, 15) is 4.39 Å². The van der Waals surface area contributed by atoms with Crippen LogP contribution in [0.1, 0.15) is 0 Å². The summed E-state index contributed by atoms with van der Waals surface area (Å²) in [5, 5.41) is 2.91. The van der Waals surface area contributed by atoms with E-state index in [4.69, 9.17) is 5.84 Å². The zero-order valence-corrected chi connectivity index (χ0v) is 8.31. The molecule has 1 aromatic heterocycles. The van der Waals surface area contributed by atoms with Gasteiger partial charge in [0, 0.05) is 5.69 Å². The Bertz CT molecular complexity index is 488. The molecule has 4 N–H and O–H groups in total. The lowest BCUT2D eigenvalue weighted by molar-refractivity contribution is 0.628. The van der Waals surface area contributed by atoms with E-state index in [1.54, 1.807) is 12.1 Å². The van der Waals surface area contributed by atoms with Crippen LogP contribution < -0.4 is 16.6 Å². The van der Waals surface area contributed by atoms with E-state index in [1.807, 2.05) is 0 Å². The van der Waals surface area contributed by atoms with Gasteiger partial charge in [0.05, 0.1) is 12.4 Å². The Morgan fingerprint density at radius 1 is 1.19 bits per heavy atom. The van der Waals surface area contributed by atoms with Crippen molar-refractivity contribution in [2.75, 3.05) is 10.7 Å². The predicted molar refractivity (Wildman–Crippen MR) is 59.5 cm³/mol. The first-order valence-corrected chi connectivity index (χ1v) is 4.59. The van der Waals surface area contributed by atoms with Gasteiger partial charge in [0.1, 0.15) is 5.82 Å². The maximum atomic E-state index is 12.9. The number of hydrogen-bond acceptors (Lipinski definition) is 5. The van der Waals surface area contributed by atoms with Crippen molar-refractivity contribution in [1.82, 2.24) is 9.97 Å². The molecular formula is C10H10FN5. The Morgan fingerprint density at radius 2 is 2.00 bits per heavy atom. The molecule has 16 heavy (non-hydrogen) atoms. The zero-order valence-electron chi connectivity index (χ0n) is 8.31. The highest BCUT2D eigenvalue weighted by molar-refractivity contribution is 5.56. The van der Waals surface area contributed by atoms with Crippen molar-refractivity contribution in [3.63, 3.8) is 0 Å². The number of anilines is 3. The second-order valence-electron chi connectivity index (χ2n) is 3.07. The van der Waals surface area contributed by atoms with Crippen molar-refractivity contribution in [3.05, 3.63) is 42.5 Å². The lowest BCUT2D eigenvalue weighted by atomic mass is 10.3. The first-order valence-electron chi connectivity index (χ1n) is 4.59. The van der Waals surface area contributed by atoms with E-state index in [0.29, 0.717) is 17.3 Å². The number of halogens is 1. The molecule has 6 heteroatoms. The van der Waals surface area contributed by atoms with Crippen LogP contribution in [0.2, 0.25) is 0 Å². The standard InChI is InChI=1S/C10H10FN5/c11-7-2-1-3-8(4-7)14-9-5-13-6-10(15-9)16-12/h1-6H,12H2,(H2,14,15,16). The SMILES string of the molecule is NNc1cncc(Nc2cccc(F)c2)n1. The Balaban J connectivity index is 2.20. The molecule has 2 aromatic rings. The molecule has 2 rings (SSSR count). The van der Waals surface area contributed by atoms with Crippen LogP contribution in [0.5, 0.6) is 0 Å². The van der Waals surface area contributed by atoms with Gasteiger partial charge in [-0.1, -0.05) is 6.07 Å². The van der Waals surface area contributed by atoms with E-state index in [2.05, 4.69) is 20.7 Å². The van der Waals surface area contributed by atoms with E-state index >= 15 is 0 Å². The molecule has 0 saturated carbocycles. The van der Waals surface area contributed by atoms with Crippen molar-refractivity contribution in [1.29, 1.82) is 0 Å². The Kier molecular flexibility index (Phi) is 2.93. The molecule has 1 heterocycles. The minimum atomic E-state index is -0.314. The molecule has 0 atom stereocenters. The van der Waals surface area contributed by atoms with Gasteiger partial charge in [0.15, 0.2) is 11.6 Å². The fraction of sp³-hybridized carbons (Fsp3) is 0. The van der Waals surface area contributed by atoms with Crippen LogP contribution in [0.4, 0.5) is 21.7 Å². The van der Waals surface area contributed by atoms with Crippen molar-refractivity contribution in [2.24, 2.45) is 5.84 Å². The molecule has 0 aliphatic rings. The Hall–Kier alpha value is -2.21. The van der Waals surface area contributed by atoms with Crippen molar-refractivity contribution in [3.8, 4) is 0 Å². The monoisotopic (exact) mass is 219 g/mol. The highest BCUT2D eigenvalue weighted by Gasteiger charge is 1.99. The van der Waals surface area contributed by atoms with Gasteiger partial charge >= 0.3 is 0 Å². The summed E-state index contributed by atoms with van der Waals surface area (Å²) in [6, 6.07) is 6.07. The molecule has 0 saturated heterocycles. The van der Waals surface area contributed by atoms with Crippen LogP contribution in [0.3, 0.4) is 0 Å². The molecule has 0 aliphatic heterocycles. The van der Waals surface area contributed by atoms with Gasteiger partial charge in [-0.25, -0.2) is 15.2 Å². The summed E-state index contributed by atoms with van der Waals surface area (Å²) in [5.41, 5.74) is 2.98. The topological polar surface area (TPSA) is 75.9 Å². The number of nitrogen functional groups attached to an aromatic ring is 1. The molecule has 0 amide bonds. The van der Waals surface area contributed by atoms with Crippen molar-refractivity contribution < 1.29 is 4.39 Å². The summed E-state index contributed by atoms with van der Waals surface area (Å²) in [5.74, 6) is 5.80. The van der Waals surface area contributed by atoms with Gasteiger partial charge in [-0.15, -0.1) is 0 Å². The second-order valence-corrected chi connectivity index (χ2v) is 3.07. The maximum absolute atomic E-state index is 12.9. The quantitative estimate of drug-likeness (QED) is 0.540. The minimum absolute atomic E-state index is 0.314. The number of nitrogens with two attached hydrogens (primary N) is 1. The van der Waals surface area contributed by atoms with Crippen LogP contribution >= 0.6 is 0 Å². The fourth-order valence-corrected chi connectivity index (χ4v) is 1.21. The van der Waals surface area contributed by atoms with Crippen LogP contribution in [0, 0.1) is 5.82 Å². The number of nitrogens with zero attached hydrogens (tertiary/aromatic N) is 2. The third-order valence-electron chi connectivity index (χ3n) is 1.88. The first-order chi connectivity index (χ1) is 7.78. The van der Waals surface area contributed by atoms with E-state index < -0.39 is 0 Å². The Morgan fingerprint density at radius 3 is 2.75 bits per heavy atom. The summed E-state index contributed by atoms with van der Waals surface area (Å²) < 4.78 is 12.9. The third-order valence-corrected chi connectivity index (χ3v) is 1.88. The largest absolute Gasteiger partial charge is 0.339 e. The summed E-state index contributed by atoms with van der Waals surface area (Å²) >= 11 is 0. The molecular weight excluding hydrogens is 209 g/mol. The van der Waals surface area contributed by atoms with Crippen LogP contribution in [-0.4, -0.2) is 9.97 Å². The minimum Gasteiger partial charge on any atom is -0.339 e. The zero-order chi connectivity index (χ0) is 11.4. The predicted octanol–water partition coefficient (Wildman–Crippen LogP) is 1.64. The molecule has 0 fully saturated rings. The van der Waals surface area contributed by atoms with Crippen molar-refractivity contribution in [2.45, 2.75) is 0 Å². The van der Waals surface area contributed by atoms with E-state index in [1.165, 1.54) is 24.5 Å². The van der Waals surface area contributed by atoms with Crippen molar-refractivity contribution >= 4 is 17.3 Å². The summed E-state index contributed by atoms with van der Waals surface area (Å²) in [4.78, 5) is 8.00. The highest BCUT2D eigenvalue weighted by Crippen LogP contribution is 2.15. The molecule has 0 aliphatic carbocycles.